The summed E-state index contributed by atoms with van der Waals surface area (Å²) in [7, 11) is -1.08. The molecule has 127 valence electrons. The molecule has 23 heavy (non-hydrogen) atoms. The summed E-state index contributed by atoms with van der Waals surface area (Å²) in [5, 5.41) is -0.817. The SMILES string of the molecule is Cc1cn([C@@]2([Si](C)C)C=C[C@@H](COC(C)(C)C)O2)c(=O)[nH]c1=O. The Kier molecular flexibility index (Phi) is 4.84. The van der Waals surface area contributed by atoms with Gasteiger partial charge in [0.05, 0.1) is 12.2 Å². The van der Waals surface area contributed by atoms with Crippen molar-refractivity contribution in [2.45, 2.75) is 57.8 Å². The highest BCUT2D eigenvalue weighted by Crippen LogP contribution is 2.31. The van der Waals surface area contributed by atoms with E-state index in [1.807, 2.05) is 32.9 Å². The molecule has 0 unspecified atom stereocenters. The molecule has 0 fully saturated rings. The number of ether oxygens (including phenoxy) is 2. The lowest BCUT2D eigenvalue weighted by atomic mass is 10.2. The Bertz CT molecular complexity index is 714. The highest BCUT2D eigenvalue weighted by molar-refractivity contribution is 6.58. The molecule has 0 saturated carbocycles. The van der Waals surface area contributed by atoms with Crippen LogP contribution in [0.15, 0.2) is 27.9 Å². The monoisotopic (exact) mass is 337 g/mol. The summed E-state index contributed by atoms with van der Waals surface area (Å²) in [5.41, 5.74) is -0.579. The van der Waals surface area contributed by atoms with Crippen LogP contribution < -0.4 is 11.2 Å². The van der Waals surface area contributed by atoms with Gasteiger partial charge in [-0.15, -0.1) is 0 Å². The number of nitrogens with zero attached hydrogens (tertiary/aromatic N) is 1. The molecule has 1 aromatic rings. The Morgan fingerprint density at radius 3 is 2.61 bits per heavy atom. The minimum atomic E-state index is -1.08. The van der Waals surface area contributed by atoms with E-state index in [1.54, 1.807) is 13.1 Å². The Hall–Kier alpha value is -1.44. The summed E-state index contributed by atoms with van der Waals surface area (Å²) in [6.07, 6.45) is 5.23. The van der Waals surface area contributed by atoms with Gasteiger partial charge in [-0.05, 0) is 33.8 Å². The van der Waals surface area contributed by atoms with Crippen molar-refractivity contribution in [3.63, 3.8) is 0 Å². The van der Waals surface area contributed by atoms with E-state index in [0.717, 1.165) is 0 Å². The number of aryl methyl sites for hydroxylation is 1. The van der Waals surface area contributed by atoms with Crippen molar-refractivity contribution in [3.8, 4) is 0 Å². The molecule has 0 bridgehead atoms. The van der Waals surface area contributed by atoms with Crippen molar-refractivity contribution in [2.24, 2.45) is 0 Å². The topological polar surface area (TPSA) is 73.3 Å². The molecule has 0 amide bonds. The zero-order valence-corrected chi connectivity index (χ0v) is 15.6. The fourth-order valence-electron chi connectivity index (χ4n) is 2.44. The number of hydrogen-bond donors (Lipinski definition) is 1. The van der Waals surface area contributed by atoms with Gasteiger partial charge in [-0.25, -0.2) is 4.79 Å². The molecule has 0 spiro atoms. The van der Waals surface area contributed by atoms with E-state index in [0.29, 0.717) is 12.2 Å². The maximum absolute atomic E-state index is 12.3. The molecule has 0 saturated heterocycles. The standard InChI is InChI=1S/C16H25N2O4Si/c1-11-9-18(14(20)17-13(11)19)16(23(5)6)8-7-12(22-16)10-21-15(2,3)4/h7-9,12H,10H2,1-6H3,(H,17,19,20)/t12-,16-/m0/s1. The van der Waals surface area contributed by atoms with Crippen LogP contribution in [0.3, 0.4) is 0 Å². The van der Waals surface area contributed by atoms with E-state index >= 15 is 0 Å². The van der Waals surface area contributed by atoms with Gasteiger partial charge in [0.2, 0.25) is 0 Å². The third-order valence-corrected chi connectivity index (χ3v) is 5.70. The van der Waals surface area contributed by atoms with Gasteiger partial charge >= 0.3 is 5.69 Å². The van der Waals surface area contributed by atoms with Gasteiger partial charge in [0.1, 0.15) is 20.2 Å². The van der Waals surface area contributed by atoms with Crippen LogP contribution >= 0.6 is 0 Å². The Labute approximate surface area is 137 Å². The Morgan fingerprint density at radius 2 is 2.04 bits per heavy atom. The molecule has 0 aliphatic carbocycles. The molecule has 1 aliphatic rings. The fraction of sp³-hybridized carbons (Fsp3) is 0.625. The van der Waals surface area contributed by atoms with Crippen LogP contribution in [0.25, 0.3) is 0 Å². The quantitative estimate of drug-likeness (QED) is 0.668. The summed E-state index contributed by atoms with van der Waals surface area (Å²) in [5.74, 6) is 0. The molecule has 0 aromatic carbocycles. The molecular weight excluding hydrogens is 312 g/mol. The predicted octanol–water partition coefficient (Wildman–Crippen LogP) is 1.56. The number of aromatic amines is 1. The molecule has 7 heteroatoms. The van der Waals surface area contributed by atoms with Crippen LogP contribution in [0.1, 0.15) is 26.3 Å². The van der Waals surface area contributed by atoms with Crippen molar-refractivity contribution >= 4 is 8.80 Å². The maximum atomic E-state index is 12.3. The summed E-state index contributed by atoms with van der Waals surface area (Å²) < 4.78 is 13.5. The molecule has 1 N–H and O–H groups in total. The van der Waals surface area contributed by atoms with Gasteiger partial charge in [-0.2, -0.15) is 0 Å². The van der Waals surface area contributed by atoms with Crippen LogP contribution in [0, 0.1) is 6.92 Å². The van der Waals surface area contributed by atoms with Gasteiger partial charge in [0.25, 0.3) is 5.56 Å². The van der Waals surface area contributed by atoms with Crippen LogP contribution in [-0.4, -0.2) is 36.7 Å². The summed E-state index contributed by atoms with van der Waals surface area (Å²) in [6.45, 7) is 12.2. The number of hydrogen-bond acceptors (Lipinski definition) is 4. The van der Waals surface area contributed by atoms with Crippen molar-refractivity contribution in [1.82, 2.24) is 9.55 Å². The zero-order chi connectivity index (χ0) is 17.4. The lowest BCUT2D eigenvalue weighted by molar-refractivity contribution is -0.0919. The van der Waals surface area contributed by atoms with Crippen molar-refractivity contribution < 1.29 is 9.47 Å². The first-order valence-electron chi connectivity index (χ1n) is 7.70. The number of nitrogens with one attached hydrogen (secondary N) is 1. The molecule has 2 heterocycles. The molecule has 2 atom stereocenters. The van der Waals surface area contributed by atoms with Crippen LogP contribution in [0.5, 0.6) is 0 Å². The minimum Gasteiger partial charge on any atom is -0.373 e. The number of aromatic nitrogens is 2. The van der Waals surface area contributed by atoms with E-state index in [1.165, 1.54) is 4.57 Å². The Morgan fingerprint density at radius 1 is 1.39 bits per heavy atom. The van der Waals surface area contributed by atoms with E-state index in [4.69, 9.17) is 9.47 Å². The second kappa shape index (κ2) is 6.22. The molecule has 1 radical (unpaired) electrons. The summed E-state index contributed by atoms with van der Waals surface area (Å²) in [6, 6.07) is 0. The average Bonchev–Trinajstić information content (AvgIpc) is 2.85. The van der Waals surface area contributed by atoms with Crippen molar-refractivity contribution in [1.29, 1.82) is 0 Å². The molecule has 1 aliphatic heterocycles. The first-order valence-corrected chi connectivity index (χ1v) is 10.2. The lowest BCUT2D eigenvalue weighted by Crippen LogP contribution is -2.52. The molecule has 2 rings (SSSR count). The van der Waals surface area contributed by atoms with Crippen molar-refractivity contribution in [3.05, 3.63) is 44.8 Å². The van der Waals surface area contributed by atoms with Gasteiger partial charge in [-0.1, -0.05) is 19.2 Å². The number of H-pyrrole nitrogens is 1. The first kappa shape index (κ1) is 17.9. The van der Waals surface area contributed by atoms with Gasteiger partial charge in [0.15, 0.2) is 0 Å². The predicted molar refractivity (Wildman–Crippen MR) is 91.2 cm³/mol. The average molecular weight is 337 g/mol. The van der Waals surface area contributed by atoms with E-state index in [9.17, 15) is 9.59 Å². The second-order valence-corrected chi connectivity index (χ2v) is 9.79. The number of rotatable bonds is 4. The highest BCUT2D eigenvalue weighted by Gasteiger charge is 2.42. The Balaban J connectivity index is 2.34. The highest BCUT2D eigenvalue weighted by atomic mass is 28.3. The van der Waals surface area contributed by atoms with E-state index < -0.39 is 19.8 Å². The van der Waals surface area contributed by atoms with Gasteiger partial charge < -0.3 is 9.47 Å². The second-order valence-electron chi connectivity index (χ2n) is 7.08. The summed E-state index contributed by atoms with van der Waals surface area (Å²) in [4.78, 5) is 26.3. The normalized spacial score (nSPS) is 24.6. The smallest absolute Gasteiger partial charge is 0.330 e. The third-order valence-electron chi connectivity index (χ3n) is 3.74. The van der Waals surface area contributed by atoms with Crippen molar-refractivity contribution in [2.75, 3.05) is 6.61 Å². The first-order chi connectivity index (χ1) is 10.5. The van der Waals surface area contributed by atoms with E-state index in [2.05, 4.69) is 18.1 Å². The minimum absolute atomic E-state index is 0.215. The van der Waals surface area contributed by atoms with E-state index in [-0.39, 0.29) is 17.3 Å². The van der Waals surface area contributed by atoms with Crippen LogP contribution in [0.4, 0.5) is 0 Å². The largest absolute Gasteiger partial charge is 0.373 e. The zero-order valence-electron chi connectivity index (χ0n) is 14.6. The van der Waals surface area contributed by atoms with Crippen LogP contribution in [-0.2, 0) is 14.8 Å². The molecular formula is C16H25N2O4Si. The fourth-order valence-corrected chi connectivity index (χ4v) is 3.91. The molecule has 1 aromatic heterocycles. The van der Waals surface area contributed by atoms with Crippen LogP contribution in [0.2, 0.25) is 13.1 Å². The maximum Gasteiger partial charge on any atom is 0.330 e. The van der Waals surface area contributed by atoms with Gasteiger partial charge in [0, 0.05) is 11.8 Å². The molecule has 6 nitrogen and oxygen atoms in total. The van der Waals surface area contributed by atoms with Gasteiger partial charge in [-0.3, -0.25) is 14.3 Å². The summed E-state index contributed by atoms with van der Waals surface area (Å²) >= 11 is 0. The lowest BCUT2D eigenvalue weighted by Gasteiger charge is -2.34. The third kappa shape index (κ3) is 3.73.